The molecular weight excluding hydrogens is 430 g/mol. The third-order valence-corrected chi connectivity index (χ3v) is 3.84. The highest BCUT2D eigenvalue weighted by Gasteiger charge is 2.06. The Bertz CT molecular complexity index is 532. The van der Waals surface area contributed by atoms with E-state index < -0.39 is 0 Å². The van der Waals surface area contributed by atoms with Crippen molar-refractivity contribution in [3.63, 3.8) is 0 Å². The lowest BCUT2D eigenvalue weighted by Crippen LogP contribution is -2.38. The van der Waals surface area contributed by atoms with E-state index in [9.17, 15) is 4.39 Å². The van der Waals surface area contributed by atoms with E-state index in [1.165, 1.54) is 18.9 Å². The van der Waals surface area contributed by atoms with Crippen LogP contribution in [0.5, 0.6) is 0 Å². The van der Waals surface area contributed by atoms with E-state index in [0.717, 1.165) is 17.9 Å². The Kier molecular flexibility index (Phi) is 12.0. The molecule has 1 aromatic carbocycles. The number of rotatable bonds is 9. The van der Waals surface area contributed by atoms with Crippen LogP contribution in [0.1, 0.15) is 51.2 Å². The van der Waals surface area contributed by atoms with E-state index in [1.807, 2.05) is 25.1 Å². The summed E-state index contributed by atoms with van der Waals surface area (Å²) >= 11 is 0. The molecule has 0 heterocycles. The highest BCUT2D eigenvalue weighted by molar-refractivity contribution is 14.0. The van der Waals surface area contributed by atoms with Crippen molar-refractivity contribution < 1.29 is 4.39 Å². The third-order valence-electron chi connectivity index (χ3n) is 3.84. The molecule has 4 nitrogen and oxygen atoms in total. The lowest BCUT2D eigenvalue weighted by Gasteiger charge is -2.15. The van der Waals surface area contributed by atoms with Crippen LogP contribution in [0.3, 0.4) is 0 Å². The third kappa shape index (κ3) is 10.6. The van der Waals surface area contributed by atoms with Gasteiger partial charge in [0.25, 0.3) is 0 Å². The van der Waals surface area contributed by atoms with Crippen molar-refractivity contribution >= 4 is 29.9 Å². The molecule has 0 fully saturated rings. The Morgan fingerprint density at radius 2 is 1.92 bits per heavy atom. The number of hydrogen-bond acceptors (Lipinski definition) is 2. The van der Waals surface area contributed by atoms with Gasteiger partial charge in [-0.25, -0.2) is 9.38 Å². The smallest absolute Gasteiger partial charge is 0.189 e. The van der Waals surface area contributed by atoms with E-state index in [2.05, 4.69) is 31.1 Å². The number of hydrogen-bond donors (Lipinski definition) is 2. The molecule has 0 amide bonds. The first-order valence-corrected chi connectivity index (χ1v) is 8.76. The zero-order chi connectivity index (χ0) is 18.1. The molecule has 0 spiro atoms. The minimum Gasteiger partial charge on any atom is -0.370 e. The van der Waals surface area contributed by atoms with Crippen molar-refractivity contribution in [3.8, 4) is 0 Å². The summed E-state index contributed by atoms with van der Waals surface area (Å²) in [6.45, 7) is 7.63. The molecule has 1 atom stereocenters. The molecule has 1 unspecified atom stereocenters. The highest BCUT2D eigenvalue weighted by atomic mass is 127. The standard InChI is InChI=1S/C19H33FN4.HI/c1-14(2)7-6-8-15(3)23-19(21)22-12-16-9-10-18(20)17(11-16)13-24(4)5;/h9-11,14-15H,6-8,12-13H2,1-5H3,(H3,21,22,23);1H. The Morgan fingerprint density at radius 1 is 1.24 bits per heavy atom. The lowest BCUT2D eigenvalue weighted by molar-refractivity contribution is 0.392. The quantitative estimate of drug-likeness (QED) is 0.329. The van der Waals surface area contributed by atoms with Crippen LogP contribution in [0.15, 0.2) is 23.2 Å². The molecule has 25 heavy (non-hydrogen) atoms. The Labute approximate surface area is 169 Å². The van der Waals surface area contributed by atoms with Gasteiger partial charge in [0.15, 0.2) is 5.96 Å². The van der Waals surface area contributed by atoms with Crippen LogP contribution >= 0.6 is 24.0 Å². The molecule has 6 heteroatoms. The first kappa shape index (κ1) is 24.1. The molecule has 0 aliphatic rings. The number of halogens is 2. The zero-order valence-electron chi connectivity index (χ0n) is 16.2. The van der Waals surface area contributed by atoms with Crippen LogP contribution in [0.4, 0.5) is 4.39 Å². The van der Waals surface area contributed by atoms with Crippen LogP contribution in [0.25, 0.3) is 0 Å². The molecule has 1 aromatic rings. The molecule has 144 valence electrons. The van der Waals surface area contributed by atoms with Gasteiger partial charge in [0.05, 0.1) is 6.54 Å². The van der Waals surface area contributed by atoms with Gasteiger partial charge in [-0.05, 0) is 51.1 Å². The second-order valence-electron chi connectivity index (χ2n) is 7.24. The summed E-state index contributed by atoms with van der Waals surface area (Å²) in [6.07, 6.45) is 3.50. The van der Waals surface area contributed by atoms with Gasteiger partial charge >= 0.3 is 0 Å². The monoisotopic (exact) mass is 464 g/mol. The molecule has 0 radical (unpaired) electrons. The lowest BCUT2D eigenvalue weighted by atomic mass is 10.0. The van der Waals surface area contributed by atoms with Crippen LogP contribution in [0, 0.1) is 11.7 Å². The fraction of sp³-hybridized carbons (Fsp3) is 0.632. The molecule has 1 rings (SSSR count). The number of guanidine groups is 1. The summed E-state index contributed by atoms with van der Waals surface area (Å²) in [6, 6.07) is 5.43. The second kappa shape index (κ2) is 12.5. The SMILES string of the molecule is CC(C)CCCC(C)NC(N)=NCc1ccc(F)c(CN(C)C)c1.I. The molecule has 0 aliphatic carbocycles. The van der Waals surface area contributed by atoms with Crippen molar-refractivity contribution in [1.29, 1.82) is 0 Å². The predicted molar refractivity (Wildman–Crippen MR) is 116 cm³/mol. The van der Waals surface area contributed by atoms with E-state index in [4.69, 9.17) is 5.73 Å². The van der Waals surface area contributed by atoms with Crippen LogP contribution in [-0.4, -0.2) is 31.0 Å². The molecule has 0 aliphatic heterocycles. The number of nitrogens with two attached hydrogens (primary N) is 1. The van der Waals surface area contributed by atoms with Gasteiger partial charge in [0.2, 0.25) is 0 Å². The summed E-state index contributed by atoms with van der Waals surface area (Å²) in [4.78, 5) is 6.32. The molecule has 3 N–H and O–H groups in total. The Balaban J connectivity index is 0.00000576. The minimum atomic E-state index is -0.179. The molecular formula is C19H34FIN4. The number of aliphatic imine (C=N–C) groups is 1. The summed E-state index contributed by atoms with van der Waals surface area (Å²) in [7, 11) is 3.85. The zero-order valence-corrected chi connectivity index (χ0v) is 18.5. The maximum absolute atomic E-state index is 13.8. The summed E-state index contributed by atoms with van der Waals surface area (Å²) in [5.41, 5.74) is 7.60. The van der Waals surface area contributed by atoms with E-state index >= 15 is 0 Å². The average Bonchev–Trinajstić information content (AvgIpc) is 2.47. The van der Waals surface area contributed by atoms with Crippen molar-refractivity contribution in [2.45, 2.75) is 59.2 Å². The normalized spacial score (nSPS) is 13.0. The number of benzene rings is 1. The van der Waals surface area contributed by atoms with E-state index in [1.54, 1.807) is 6.07 Å². The first-order chi connectivity index (χ1) is 11.3. The van der Waals surface area contributed by atoms with E-state index in [-0.39, 0.29) is 29.8 Å². The van der Waals surface area contributed by atoms with E-state index in [0.29, 0.717) is 30.7 Å². The first-order valence-electron chi connectivity index (χ1n) is 8.76. The Morgan fingerprint density at radius 3 is 2.52 bits per heavy atom. The topological polar surface area (TPSA) is 53.6 Å². The van der Waals surface area contributed by atoms with Gasteiger partial charge in [-0.1, -0.05) is 32.8 Å². The maximum atomic E-state index is 13.8. The van der Waals surface area contributed by atoms with Gasteiger partial charge in [0.1, 0.15) is 5.82 Å². The van der Waals surface area contributed by atoms with Crippen molar-refractivity contribution in [1.82, 2.24) is 10.2 Å². The fourth-order valence-corrected chi connectivity index (χ4v) is 2.57. The molecule has 0 aromatic heterocycles. The van der Waals surface area contributed by atoms with Crippen molar-refractivity contribution in [2.75, 3.05) is 14.1 Å². The number of nitrogens with zero attached hydrogens (tertiary/aromatic N) is 2. The van der Waals surface area contributed by atoms with Crippen molar-refractivity contribution in [3.05, 3.63) is 35.1 Å². The fourth-order valence-electron chi connectivity index (χ4n) is 2.57. The second-order valence-corrected chi connectivity index (χ2v) is 7.24. The predicted octanol–water partition coefficient (Wildman–Crippen LogP) is 4.12. The Hall–Kier alpha value is -0.890. The van der Waals surface area contributed by atoms with Gasteiger partial charge in [-0.15, -0.1) is 24.0 Å². The molecule has 0 saturated carbocycles. The summed E-state index contributed by atoms with van der Waals surface area (Å²) < 4.78 is 13.8. The van der Waals surface area contributed by atoms with Crippen LogP contribution in [0.2, 0.25) is 0 Å². The van der Waals surface area contributed by atoms with Crippen molar-refractivity contribution in [2.24, 2.45) is 16.6 Å². The maximum Gasteiger partial charge on any atom is 0.189 e. The van der Waals surface area contributed by atoms with Crippen LogP contribution < -0.4 is 11.1 Å². The average molecular weight is 464 g/mol. The number of nitrogens with one attached hydrogen (secondary N) is 1. The minimum absolute atomic E-state index is 0. The molecule has 0 saturated heterocycles. The van der Waals surface area contributed by atoms with Gasteiger partial charge in [-0.3, -0.25) is 0 Å². The largest absolute Gasteiger partial charge is 0.370 e. The molecule has 0 bridgehead atoms. The van der Waals surface area contributed by atoms with Gasteiger partial charge in [-0.2, -0.15) is 0 Å². The summed E-state index contributed by atoms with van der Waals surface area (Å²) in [5, 5.41) is 3.23. The van der Waals surface area contributed by atoms with Crippen LogP contribution in [-0.2, 0) is 13.1 Å². The summed E-state index contributed by atoms with van der Waals surface area (Å²) in [5.74, 6) is 1.00. The van der Waals surface area contributed by atoms with Gasteiger partial charge < -0.3 is 16.0 Å². The highest BCUT2D eigenvalue weighted by Crippen LogP contribution is 2.13. The van der Waals surface area contributed by atoms with Gasteiger partial charge in [0, 0.05) is 18.2 Å².